The summed E-state index contributed by atoms with van der Waals surface area (Å²) in [6.45, 7) is 10.2. The number of likely N-dealkylation sites (tertiary alicyclic amines) is 1. The van der Waals surface area contributed by atoms with Crippen LogP contribution < -0.4 is 10.6 Å². The van der Waals surface area contributed by atoms with Gasteiger partial charge in [0.25, 0.3) is 0 Å². The molecule has 3 amide bonds. The molecule has 2 rings (SSSR count). The molecule has 0 aromatic heterocycles. The third-order valence-corrected chi connectivity index (χ3v) is 4.97. The fourth-order valence-electron chi connectivity index (χ4n) is 3.47. The van der Waals surface area contributed by atoms with Gasteiger partial charge in [0.2, 0.25) is 11.8 Å². The molecular weight excluding hydrogens is 394 g/mol. The zero-order valence-electron chi connectivity index (χ0n) is 17.9. The van der Waals surface area contributed by atoms with E-state index in [0.717, 1.165) is 0 Å². The maximum Gasteiger partial charge on any atom is 0.408 e. The van der Waals surface area contributed by atoms with Gasteiger partial charge >= 0.3 is 12.1 Å². The number of aliphatic hydroxyl groups is 1. The number of ether oxygens (including phenoxy) is 2. The maximum atomic E-state index is 12.9. The third-order valence-electron chi connectivity index (χ3n) is 4.97. The number of carbonyl (C=O) groups is 4. The van der Waals surface area contributed by atoms with Gasteiger partial charge in [-0.3, -0.25) is 9.59 Å². The molecule has 1 heterocycles. The van der Waals surface area contributed by atoms with Gasteiger partial charge in [-0.15, -0.1) is 6.58 Å². The van der Waals surface area contributed by atoms with Crippen LogP contribution in [0.5, 0.6) is 0 Å². The van der Waals surface area contributed by atoms with Gasteiger partial charge in [-0.05, 0) is 34.1 Å². The van der Waals surface area contributed by atoms with Crippen molar-refractivity contribution in [2.75, 3.05) is 19.7 Å². The second-order valence-electron chi connectivity index (χ2n) is 8.53. The molecule has 30 heavy (non-hydrogen) atoms. The molecule has 1 saturated carbocycles. The standard InChI is InChI=1S/C20H31N3O7/c1-6-12-9-20(12,17(27)29-7-2)22-16(26)14-8-13(24)11-23(14)15(25)10-21-18(28)30-19(3,4)5/h6,12-14,24H,1,7-11H2,2-5H3,(H,21,28)(H,22,26)/t12-,13-,14+,20-/m1/s1. The van der Waals surface area contributed by atoms with Crippen LogP contribution in [0.1, 0.15) is 40.5 Å². The first kappa shape index (κ1) is 23.7. The van der Waals surface area contributed by atoms with E-state index in [4.69, 9.17) is 9.47 Å². The molecule has 0 spiro atoms. The normalized spacial score (nSPS) is 27.8. The van der Waals surface area contributed by atoms with Gasteiger partial charge < -0.3 is 30.1 Å². The Bertz CT molecular complexity index is 718. The van der Waals surface area contributed by atoms with E-state index in [2.05, 4.69) is 17.2 Å². The van der Waals surface area contributed by atoms with Crippen LogP contribution in [0.3, 0.4) is 0 Å². The van der Waals surface area contributed by atoms with E-state index < -0.39 is 47.2 Å². The molecule has 3 N–H and O–H groups in total. The lowest BCUT2D eigenvalue weighted by atomic mass is 10.1. The van der Waals surface area contributed by atoms with Crippen molar-refractivity contribution in [3.8, 4) is 0 Å². The Morgan fingerprint density at radius 3 is 2.50 bits per heavy atom. The fraction of sp³-hybridized carbons (Fsp3) is 0.700. The van der Waals surface area contributed by atoms with Crippen molar-refractivity contribution in [2.45, 2.75) is 63.8 Å². The SMILES string of the molecule is C=C[C@@H]1C[C@]1(NC(=O)[C@@H]1C[C@@H](O)CN1C(=O)CNC(=O)OC(C)(C)C)C(=O)OCC. The Kier molecular flexibility index (Phi) is 7.12. The van der Waals surface area contributed by atoms with Gasteiger partial charge in [0, 0.05) is 18.9 Å². The average molecular weight is 425 g/mol. The van der Waals surface area contributed by atoms with Gasteiger partial charge in [-0.2, -0.15) is 0 Å². The average Bonchev–Trinajstić information content (AvgIpc) is 3.21. The molecule has 168 valence electrons. The first-order valence-electron chi connectivity index (χ1n) is 9.99. The zero-order valence-corrected chi connectivity index (χ0v) is 17.9. The smallest absolute Gasteiger partial charge is 0.408 e. The molecule has 4 atom stereocenters. The first-order chi connectivity index (χ1) is 13.9. The van der Waals surface area contributed by atoms with Crippen LogP contribution in [0.25, 0.3) is 0 Å². The lowest BCUT2D eigenvalue weighted by Gasteiger charge is -2.26. The number of aliphatic hydroxyl groups excluding tert-OH is 1. The van der Waals surface area contributed by atoms with Crippen LogP contribution in [0.15, 0.2) is 12.7 Å². The Morgan fingerprint density at radius 2 is 1.97 bits per heavy atom. The van der Waals surface area contributed by atoms with Gasteiger partial charge in [0.05, 0.1) is 12.7 Å². The fourth-order valence-corrected chi connectivity index (χ4v) is 3.47. The second kappa shape index (κ2) is 9.03. The summed E-state index contributed by atoms with van der Waals surface area (Å²) >= 11 is 0. The molecule has 0 radical (unpaired) electrons. The second-order valence-corrected chi connectivity index (χ2v) is 8.53. The number of hydrogen-bond acceptors (Lipinski definition) is 7. The molecular formula is C20H31N3O7. The predicted octanol–water partition coefficient (Wildman–Crippen LogP) is 0.0969. The van der Waals surface area contributed by atoms with E-state index in [1.54, 1.807) is 33.8 Å². The number of esters is 1. The topological polar surface area (TPSA) is 134 Å². The predicted molar refractivity (Wildman–Crippen MR) is 106 cm³/mol. The lowest BCUT2D eigenvalue weighted by Crippen LogP contribution is -2.54. The molecule has 0 bridgehead atoms. The highest BCUT2D eigenvalue weighted by atomic mass is 16.6. The van der Waals surface area contributed by atoms with E-state index in [1.807, 2.05) is 0 Å². The zero-order chi connectivity index (χ0) is 22.7. The van der Waals surface area contributed by atoms with Crippen molar-refractivity contribution in [3.63, 3.8) is 0 Å². The van der Waals surface area contributed by atoms with Crippen LogP contribution in [0, 0.1) is 5.92 Å². The summed E-state index contributed by atoms with van der Waals surface area (Å²) in [6, 6.07) is -0.967. The quantitative estimate of drug-likeness (QED) is 0.389. The Morgan fingerprint density at radius 1 is 1.30 bits per heavy atom. The highest BCUT2D eigenvalue weighted by Crippen LogP contribution is 2.45. The summed E-state index contributed by atoms with van der Waals surface area (Å²) in [6.07, 6.45) is 0.324. The van der Waals surface area contributed by atoms with E-state index >= 15 is 0 Å². The van der Waals surface area contributed by atoms with E-state index in [0.29, 0.717) is 6.42 Å². The van der Waals surface area contributed by atoms with Crippen molar-refractivity contribution in [1.82, 2.24) is 15.5 Å². The molecule has 0 aromatic carbocycles. The maximum absolute atomic E-state index is 12.9. The van der Waals surface area contributed by atoms with E-state index in [-0.39, 0.29) is 32.0 Å². The lowest BCUT2D eigenvalue weighted by molar-refractivity contribution is -0.150. The molecule has 1 aliphatic carbocycles. The number of β-amino-alcohol motifs (C(OH)–C–C–N with tert-alkyl or cyclic N) is 1. The van der Waals surface area contributed by atoms with E-state index in [9.17, 15) is 24.3 Å². The van der Waals surface area contributed by atoms with Gasteiger partial charge in [-0.1, -0.05) is 6.08 Å². The van der Waals surface area contributed by atoms with Crippen molar-refractivity contribution < 1.29 is 33.8 Å². The molecule has 10 heteroatoms. The van der Waals surface area contributed by atoms with Gasteiger partial charge in [-0.25, -0.2) is 9.59 Å². The summed E-state index contributed by atoms with van der Waals surface area (Å²) in [5.74, 6) is -1.91. The summed E-state index contributed by atoms with van der Waals surface area (Å²) in [5.41, 5.74) is -1.90. The third kappa shape index (κ3) is 5.50. The minimum atomic E-state index is -1.19. The summed E-state index contributed by atoms with van der Waals surface area (Å²) in [5, 5.41) is 15.1. The number of carbonyl (C=O) groups excluding carboxylic acids is 4. The summed E-state index contributed by atoms with van der Waals surface area (Å²) < 4.78 is 10.2. The van der Waals surface area contributed by atoms with Crippen molar-refractivity contribution in [2.24, 2.45) is 5.92 Å². The molecule has 0 unspecified atom stereocenters. The van der Waals surface area contributed by atoms with Crippen molar-refractivity contribution >= 4 is 23.9 Å². The van der Waals surface area contributed by atoms with Crippen molar-refractivity contribution in [3.05, 3.63) is 12.7 Å². The molecule has 2 aliphatic rings. The highest BCUT2D eigenvalue weighted by molar-refractivity contribution is 5.96. The number of amides is 3. The van der Waals surface area contributed by atoms with Gasteiger partial charge in [0.15, 0.2) is 0 Å². The molecule has 2 fully saturated rings. The largest absolute Gasteiger partial charge is 0.464 e. The minimum absolute atomic E-state index is 0.0294. The minimum Gasteiger partial charge on any atom is -0.464 e. The Balaban J connectivity index is 2.02. The molecule has 0 aromatic rings. The van der Waals surface area contributed by atoms with Crippen LogP contribution in [-0.2, 0) is 23.9 Å². The van der Waals surface area contributed by atoms with Crippen molar-refractivity contribution in [1.29, 1.82) is 0 Å². The number of nitrogens with zero attached hydrogens (tertiary/aromatic N) is 1. The number of nitrogens with one attached hydrogen (secondary N) is 2. The number of alkyl carbamates (subject to hydrolysis) is 1. The summed E-state index contributed by atoms with van der Waals surface area (Å²) in [4.78, 5) is 50.8. The molecule has 1 saturated heterocycles. The van der Waals surface area contributed by atoms with Crippen LogP contribution in [0.4, 0.5) is 4.79 Å². The Labute approximate surface area is 175 Å². The monoisotopic (exact) mass is 425 g/mol. The molecule has 1 aliphatic heterocycles. The highest BCUT2D eigenvalue weighted by Gasteiger charge is 2.61. The van der Waals surface area contributed by atoms with E-state index in [1.165, 1.54) is 4.90 Å². The number of rotatable bonds is 7. The first-order valence-corrected chi connectivity index (χ1v) is 9.99. The van der Waals surface area contributed by atoms with Crippen LogP contribution >= 0.6 is 0 Å². The number of hydrogen-bond donors (Lipinski definition) is 3. The molecule has 10 nitrogen and oxygen atoms in total. The van der Waals surface area contributed by atoms with Crippen LogP contribution in [0.2, 0.25) is 0 Å². The van der Waals surface area contributed by atoms with Gasteiger partial charge in [0.1, 0.15) is 23.7 Å². The summed E-state index contributed by atoms with van der Waals surface area (Å²) in [7, 11) is 0. The Hall–Kier alpha value is -2.62. The van der Waals surface area contributed by atoms with Crippen LogP contribution in [-0.4, -0.2) is 76.9 Å².